The zero-order valence-electron chi connectivity index (χ0n) is 21.4. The Morgan fingerprint density at radius 3 is 2.27 bits per heavy atom. The summed E-state index contributed by atoms with van der Waals surface area (Å²) in [5.74, 6) is 0.614. The van der Waals surface area contributed by atoms with E-state index in [2.05, 4.69) is 20.1 Å². The molecule has 202 valence electrons. The number of nitrogens with one attached hydrogen (secondary N) is 1. The first kappa shape index (κ1) is 26.5. The molecule has 1 aromatic heterocycles. The van der Waals surface area contributed by atoms with Crippen molar-refractivity contribution in [1.29, 1.82) is 0 Å². The molecule has 0 bridgehead atoms. The molecule has 1 heterocycles. The number of aryl methyl sites for hydroxylation is 1. The first-order valence-electron chi connectivity index (χ1n) is 12.1. The molecule has 0 atom stereocenters. The molecule has 5 rings (SSSR count). The van der Waals surface area contributed by atoms with E-state index in [4.69, 9.17) is 4.74 Å². The number of alkyl halides is 3. The number of hydrogen-bond donors (Lipinski definition) is 1. The second-order valence-corrected chi connectivity index (χ2v) is 8.85. The van der Waals surface area contributed by atoms with Crippen molar-refractivity contribution in [3.05, 3.63) is 108 Å². The zero-order chi connectivity index (χ0) is 28.3. The van der Waals surface area contributed by atoms with Gasteiger partial charge >= 0.3 is 6.36 Å². The lowest BCUT2D eigenvalue weighted by Gasteiger charge is -2.11. The van der Waals surface area contributed by atoms with Gasteiger partial charge in [-0.3, -0.25) is 4.79 Å². The summed E-state index contributed by atoms with van der Waals surface area (Å²) < 4.78 is 47.8. The monoisotopic (exact) mass is 544 g/mol. The fourth-order valence-corrected chi connectivity index (χ4v) is 4.14. The lowest BCUT2D eigenvalue weighted by atomic mass is 9.98. The SMILES string of the molecule is COc1ccc(-c2cccc(C(=O)Nc3ccc(-c4ncn(-c5ccc(OC(F)(F)F)cc5)n4)cc3)c2)c(C)c1. The second-order valence-electron chi connectivity index (χ2n) is 8.85. The zero-order valence-corrected chi connectivity index (χ0v) is 21.4. The molecule has 1 amide bonds. The van der Waals surface area contributed by atoms with Crippen molar-refractivity contribution >= 4 is 11.6 Å². The van der Waals surface area contributed by atoms with E-state index >= 15 is 0 Å². The van der Waals surface area contributed by atoms with Crippen molar-refractivity contribution in [3.8, 4) is 39.7 Å². The van der Waals surface area contributed by atoms with E-state index in [0.717, 1.165) is 22.4 Å². The second kappa shape index (κ2) is 10.9. The van der Waals surface area contributed by atoms with Crippen LogP contribution < -0.4 is 14.8 Å². The number of carbonyl (C=O) groups excluding carboxylic acids is 1. The minimum atomic E-state index is -4.76. The van der Waals surface area contributed by atoms with Gasteiger partial charge in [0.25, 0.3) is 5.91 Å². The van der Waals surface area contributed by atoms with Gasteiger partial charge in [-0.25, -0.2) is 9.67 Å². The Morgan fingerprint density at radius 1 is 0.875 bits per heavy atom. The highest BCUT2D eigenvalue weighted by molar-refractivity contribution is 6.05. The van der Waals surface area contributed by atoms with Crippen LogP contribution in [-0.4, -0.2) is 34.1 Å². The Labute approximate surface area is 227 Å². The van der Waals surface area contributed by atoms with E-state index in [0.29, 0.717) is 28.3 Å². The van der Waals surface area contributed by atoms with Gasteiger partial charge in [0.15, 0.2) is 5.82 Å². The molecule has 0 unspecified atom stereocenters. The van der Waals surface area contributed by atoms with Gasteiger partial charge in [-0.15, -0.1) is 18.3 Å². The van der Waals surface area contributed by atoms with Crippen LogP contribution in [0.1, 0.15) is 15.9 Å². The number of benzene rings is 4. The topological polar surface area (TPSA) is 78.3 Å². The lowest BCUT2D eigenvalue weighted by molar-refractivity contribution is -0.274. The highest BCUT2D eigenvalue weighted by Crippen LogP contribution is 2.28. The fourth-order valence-electron chi connectivity index (χ4n) is 4.14. The van der Waals surface area contributed by atoms with E-state index in [-0.39, 0.29) is 11.7 Å². The summed E-state index contributed by atoms with van der Waals surface area (Å²) in [5.41, 5.74) is 5.30. The third-order valence-electron chi connectivity index (χ3n) is 6.10. The Morgan fingerprint density at radius 2 is 1.60 bits per heavy atom. The van der Waals surface area contributed by atoms with Crippen LogP contribution in [0.15, 0.2) is 97.3 Å². The van der Waals surface area contributed by atoms with Crippen LogP contribution >= 0.6 is 0 Å². The normalized spacial score (nSPS) is 11.2. The average Bonchev–Trinajstić information content (AvgIpc) is 3.43. The molecule has 40 heavy (non-hydrogen) atoms. The van der Waals surface area contributed by atoms with Crippen molar-refractivity contribution in [1.82, 2.24) is 14.8 Å². The van der Waals surface area contributed by atoms with Crippen LogP contribution in [-0.2, 0) is 0 Å². The van der Waals surface area contributed by atoms with Crippen molar-refractivity contribution < 1.29 is 27.4 Å². The van der Waals surface area contributed by atoms with Crippen LogP contribution in [0.5, 0.6) is 11.5 Å². The number of hydrogen-bond acceptors (Lipinski definition) is 5. The average molecular weight is 545 g/mol. The molecule has 0 spiro atoms. The van der Waals surface area contributed by atoms with Gasteiger partial charge in [0, 0.05) is 16.8 Å². The lowest BCUT2D eigenvalue weighted by Crippen LogP contribution is -2.17. The maximum Gasteiger partial charge on any atom is 0.573 e. The predicted octanol–water partition coefficient (Wildman–Crippen LogP) is 7.07. The molecule has 10 heteroatoms. The van der Waals surface area contributed by atoms with Crippen LogP contribution in [0.4, 0.5) is 18.9 Å². The highest BCUT2D eigenvalue weighted by atomic mass is 19.4. The third-order valence-corrected chi connectivity index (χ3v) is 6.10. The van der Waals surface area contributed by atoms with Crippen LogP contribution in [0.2, 0.25) is 0 Å². The van der Waals surface area contributed by atoms with Gasteiger partial charge in [0.1, 0.15) is 17.8 Å². The smallest absolute Gasteiger partial charge is 0.497 e. The molecule has 0 fully saturated rings. The minimum Gasteiger partial charge on any atom is -0.497 e. The standard InChI is InChI=1S/C30H23F3N4O3/c1-19-16-26(39-2)14-15-27(19)21-4-3-5-22(17-21)29(38)35-23-8-6-20(7-9-23)28-34-18-37(36-28)24-10-12-25(13-11-24)40-30(31,32)33/h3-18H,1-2H3,(H,35,38). The number of anilines is 1. The van der Waals surface area contributed by atoms with Gasteiger partial charge in [0.2, 0.25) is 0 Å². The number of nitrogens with zero attached hydrogens (tertiary/aromatic N) is 3. The summed E-state index contributed by atoms with van der Waals surface area (Å²) >= 11 is 0. The first-order valence-corrected chi connectivity index (χ1v) is 12.1. The van der Waals surface area contributed by atoms with Gasteiger partial charge < -0.3 is 14.8 Å². The first-order chi connectivity index (χ1) is 19.2. The van der Waals surface area contributed by atoms with E-state index in [1.165, 1.54) is 35.3 Å². The van der Waals surface area contributed by atoms with Crippen molar-refractivity contribution in [2.75, 3.05) is 12.4 Å². The summed E-state index contributed by atoms with van der Waals surface area (Å²) in [6, 6.07) is 25.5. The number of methoxy groups -OCH3 is 1. The highest BCUT2D eigenvalue weighted by Gasteiger charge is 2.31. The summed E-state index contributed by atoms with van der Waals surface area (Å²) in [7, 11) is 1.62. The number of aromatic nitrogens is 3. The molecular formula is C30H23F3N4O3. The quantitative estimate of drug-likeness (QED) is 0.237. The van der Waals surface area contributed by atoms with E-state index in [9.17, 15) is 18.0 Å². The molecule has 7 nitrogen and oxygen atoms in total. The molecule has 4 aromatic carbocycles. The molecule has 0 saturated heterocycles. The number of rotatable bonds is 7. The Bertz CT molecular complexity index is 1650. The molecular weight excluding hydrogens is 521 g/mol. The summed E-state index contributed by atoms with van der Waals surface area (Å²) in [6.45, 7) is 1.99. The Hall–Kier alpha value is -5.12. The minimum absolute atomic E-state index is 0.249. The number of halogens is 3. The van der Waals surface area contributed by atoms with Crippen LogP contribution in [0.25, 0.3) is 28.2 Å². The van der Waals surface area contributed by atoms with Crippen LogP contribution in [0.3, 0.4) is 0 Å². The van der Waals surface area contributed by atoms with Crippen molar-refractivity contribution in [2.45, 2.75) is 13.3 Å². The molecule has 0 aliphatic heterocycles. The van der Waals surface area contributed by atoms with Crippen molar-refractivity contribution in [2.24, 2.45) is 0 Å². The van der Waals surface area contributed by atoms with Gasteiger partial charge in [0.05, 0.1) is 12.8 Å². The molecule has 0 radical (unpaired) electrons. The fraction of sp³-hybridized carbons (Fsp3) is 0.100. The summed E-state index contributed by atoms with van der Waals surface area (Å²) in [4.78, 5) is 17.3. The number of carbonyl (C=O) groups is 1. The van der Waals surface area contributed by atoms with Gasteiger partial charge in [-0.2, -0.15) is 0 Å². The number of ether oxygens (including phenoxy) is 2. The third kappa shape index (κ3) is 6.12. The van der Waals surface area contributed by atoms with Gasteiger partial charge in [-0.05, 0) is 96.4 Å². The molecule has 5 aromatic rings. The Balaban J connectivity index is 1.26. The molecule has 0 aliphatic rings. The Kier molecular flexibility index (Phi) is 7.24. The molecule has 0 aliphatic carbocycles. The largest absolute Gasteiger partial charge is 0.573 e. The molecule has 1 N–H and O–H groups in total. The predicted molar refractivity (Wildman–Crippen MR) is 145 cm³/mol. The van der Waals surface area contributed by atoms with Gasteiger partial charge in [-0.1, -0.05) is 18.2 Å². The van der Waals surface area contributed by atoms with E-state index in [1.807, 2.05) is 43.3 Å². The maximum absolute atomic E-state index is 13.0. The number of amides is 1. The molecule has 0 saturated carbocycles. The summed E-state index contributed by atoms with van der Waals surface area (Å²) in [6.07, 6.45) is -3.30. The summed E-state index contributed by atoms with van der Waals surface area (Å²) in [5, 5.41) is 7.30. The van der Waals surface area contributed by atoms with E-state index < -0.39 is 6.36 Å². The van der Waals surface area contributed by atoms with Crippen molar-refractivity contribution in [3.63, 3.8) is 0 Å². The maximum atomic E-state index is 13.0. The van der Waals surface area contributed by atoms with Crippen LogP contribution in [0, 0.1) is 6.92 Å². The van der Waals surface area contributed by atoms with E-state index in [1.54, 1.807) is 37.4 Å².